The van der Waals surface area contributed by atoms with Crippen LogP contribution in [0, 0.1) is 5.82 Å². The van der Waals surface area contributed by atoms with Crippen LogP contribution in [0.3, 0.4) is 0 Å². The number of aliphatic carboxylic acids is 1. The van der Waals surface area contributed by atoms with Gasteiger partial charge < -0.3 is 14.7 Å². The van der Waals surface area contributed by atoms with Crippen molar-refractivity contribution in [1.29, 1.82) is 0 Å². The molecule has 2 aromatic rings. The number of fused-ring (bicyclic) bond motifs is 2. The molecule has 2 aromatic carbocycles. The molecule has 4 rings (SSSR count). The summed E-state index contributed by atoms with van der Waals surface area (Å²) in [6.45, 7) is 3.07. The van der Waals surface area contributed by atoms with E-state index in [2.05, 4.69) is 17.0 Å². The number of nitrogens with zero attached hydrogens (tertiary/aromatic N) is 1. The summed E-state index contributed by atoms with van der Waals surface area (Å²) >= 11 is 0. The van der Waals surface area contributed by atoms with E-state index in [4.69, 9.17) is 9.84 Å². The molecule has 2 aliphatic heterocycles. The number of ether oxygens (including phenoxy) is 1. The highest BCUT2D eigenvalue weighted by Crippen LogP contribution is 2.45. The average molecular weight is 418 g/mol. The predicted octanol–water partition coefficient (Wildman–Crippen LogP) is 4.62. The minimum Gasteiger partial charge on any atom is -0.492 e. The maximum Gasteiger partial charge on any atom is 0.304 e. The Bertz CT molecular complexity index is 907. The van der Waals surface area contributed by atoms with Crippen molar-refractivity contribution in [3.63, 3.8) is 0 Å². The van der Waals surface area contributed by atoms with E-state index in [-0.39, 0.29) is 30.1 Å². The lowest BCUT2D eigenvalue weighted by Gasteiger charge is -2.38. The molecular formula is C23H25ClFNO3. The Balaban J connectivity index is 0.00000240. The minimum absolute atomic E-state index is 0. The number of hydrogen-bond donors (Lipinski definition) is 1. The molecule has 1 spiro atoms. The van der Waals surface area contributed by atoms with Crippen molar-refractivity contribution in [1.82, 2.24) is 4.90 Å². The Morgan fingerprint density at radius 2 is 1.93 bits per heavy atom. The molecule has 0 atom stereocenters. The summed E-state index contributed by atoms with van der Waals surface area (Å²) in [4.78, 5) is 13.0. The van der Waals surface area contributed by atoms with E-state index < -0.39 is 5.97 Å². The number of carboxylic acid groups (broad SMARTS) is 1. The second-order valence-corrected chi connectivity index (χ2v) is 7.66. The quantitative estimate of drug-likeness (QED) is 0.721. The summed E-state index contributed by atoms with van der Waals surface area (Å²) in [5, 5.41) is 8.86. The van der Waals surface area contributed by atoms with Crippen LogP contribution in [0.4, 0.5) is 4.39 Å². The molecule has 0 unspecified atom stereocenters. The smallest absolute Gasteiger partial charge is 0.304 e. The van der Waals surface area contributed by atoms with Crippen LogP contribution in [-0.4, -0.2) is 42.2 Å². The van der Waals surface area contributed by atoms with E-state index in [0.29, 0.717) is 18.7 Å². The lowest BCUT2D eigenvalue weighted by Crippen LogP contribution is -2.44. The molecule has 0 saturated carbocycles. The molecule has 2 heterocycles. The lowest BCUT2D eigenvalue weighted by atomic mass is 9.74. The van der Waals surface area contributed by atoms with Crippen molar-refractivity contribution in [2.75, 3.05) is 26.2 Å². The number of carboxylic acids is 1. The number of hydrogen-bond acceptors (Lipinski definition) is 3. The Labute approximate surface area is 176 Å². The predicted molar refractivity (Wildman–Crippen MR) is 114 cm³/mol. The van der Waals surface area contributed by atoms with E-state index >= 15 is 0 Å². The summed E-state index contributed by atoms with van der Waals surface area (Å²) in [7, 11) is 0. The van der Waals surface area contributed by atoms with Crippen molar-refractivity contribution < 1.29 is 19.0 Å². The molecule has 0 amide bonds. The first-order valence-corrected chi connectivity index (χ1v) is 9.70. The normalized spacial score (nSPS) is 17.7. The van der Waals surface area contributed by atoms with Crippen molar-refractivity contribution >= 4 is 30.5 Å². The fourth-order valence-electron chi connectivity index (χ4n) is 4.16. The van der Waals surface area contributed by atoms with Crippen molar-refractivity contribution in [2.24, 2.45) is 0 Å². The Kier molecular flexibility index (Phi) is 6.60. The molecule has 0 aliphatic carbocycles. The number of carbonyl (C=O) groups is 1. The molecule has 6 heteroatoms. The SMILES string of the molecule is Cl.O=C(O)CCN1CCC2(CC1)COc1cc(/C=C/c3ccccc3F)ccc12. The largest absolute Gasteiger partial charge is 0.492 e. The van der Waals surface area contributed by atoms with Crippen molar-refractivity contribution in [3.05, 3.63) is 65.0 Å². The third-order valence-corrected chi connectivity index (χ3v) is 5.90. The molecule has 1 N–H and O–H groups in total. The van der Waals surface area contributed by atoms with Crippen molar-refractivity contribution in [2.45, 2.75) is 24.7 Å². The maximum absolute atomic E-state index is 13.8. The first-order chi connectivity index (χ1) is 13.6. The highest BCUT2D eigenvalue weighted by molar-refractivity contribution is 5.85. The van der Waals surface area contributed by atoms with Crippen LogP contribution >= 0.6 is 12.4 Å². The van der Waals surface area contributed by atoms with Crippen LogP contribution in [0.25, 0.3) is 12.2 Å². The van der Waals surface area contributed by atoms with Gasteiger partial charge in [0.15, 0.2) is 0 Å². The van der Waals surface area contributed by atoms with Gasteiger partial charge in [-0.15, -0.1) is 12.4 Å². The second kappa shape index (κ2) is 8.97. The van der Waals surface area contributed by atoms with E-state index in [1.54, 1.807) is 18.2 Å². The number of rotatable bonds is 5. The summed E-state index contributed by atoms with van der Waals surface area (Å²) in [6.07, 6.45) is 5.83. The molecule has 1 fully saturated rings. The topological polar surface area (TPSA) is 49.8 Å². The average Bonchev–Trinajstić information content (AvgIpc) is 3.04. The van der Waals surface area contributed by atoms with E-state index in [1.165, 1.54) is 11.6 Å². The van der Waals surface area contributed by atoms with Crippen LogP contribution in [0.2, 0.25) is 0 Å². The van der Waals surface area contributed by atoms with E-state index in [9.17, 15) is 9.18 Å². The van der Waals surface area contributed by atoms with Gasteiger partial charge in [-0.1, -0.05) is 42.5 Å². The zero-order valence-corrected chi connectivity index (χ0v) is 17.0. The molecule has 2 aliphatic rings. The molecule has 1 saturated heterocycles. The third kappa shape index (κ3) is 4.62. The van der Waals surface area contributed by atoms with Gasteiger partial charge in [-0.25, -0.2) is 4.39 Å². The summed E-state index contributed by atoms with van der Waals surface area (Å²) in [5.74, 6) is -0.0646. The maximum atomic E-state index is 13.8. The monoisotopic (exact) mass is 417 g/mol. The minimum atomic E-state index is -0.745. The molecule has 0 aromatic heterocycles. The zero-order chi connectivity index (χ0) is 19.6. The molecule has 29 heavy (non-hydrogen) atoms. The van der Waals surface area contributed by atoms with Gasteiger partial charge in [0.25, 0.3) is 0 Å². The van der Waals surface area contributed by atoms with Gasteiger partial charge in [0, 0.05) is 23.1 Å². The summed E-state index contributed by atoms with van der Waals surface area (Å²) in [5.41, 5.74) is 2.82. The molecule has 4 nitrogen and oxygen atoms in total. The fourth-order valence-corrected chi connectivity index (χ4v) is 4.16. The van der Waals surface area contributed by atoms with Gasteiger partial charge in [-0.05, 0) is 43.6 Å². The van der Waals surface area contributed by atoms with Gasteiger partial charge in [0.2, 0.25) is 0 Å². The zero-order valence-electron chi connectivity index (χ0n) is 16.1. The van der Waals surface area contributed by atoms with Crippen molar-refractivity contribution in [3.8, 4) is 5.75 Å². The first-order valence-electron chi connectivity index (χ1n) is 9.70. The van der Waals surface area contributed by atoms with Crippen LogP contribution < -0.4 is 4.74 Å². The second-order valence-electron chi connectivity index (χ2n) is 7.66. The molecule has 0 radical (unpaired) electrons. The van der Waals surface area contributed by atoms with E-state index in [0.717, 1.165) is 37.2 Å². The Hall–Kier alpha value is -2.37. The Morgan fingerprint density at radius 1 is 1.17 bits per heavy atom. The van der Waals surface area contributed by atoms with Gasteiger partial charge in [-0.3, -0.25) is 4.79 Å². The molecule has 154 valence electrons. The van der Waals surface area contributed by atoms with Gasteiger partial charge >= 0.3 is 5.97 Å². The van der Waals surface area contributed by atoms with Gasteiger partial charge in [0.05, 0.1) is 13.0 Å². The lowest BCUT2D eigenvalue weighted by molar-refractivity contribution is -0.137. The first kappa shape index (κ1) is 21.3. The molecular weight excluding hydrogens is 393 g/mol. The summed E-state index contributed by atoms with van der Waals surface area (Å²) < 4.78 is 19.8. The summed E-state index contributed by atoms with van der Waals surface area (Å²) in [6, 6.07) is 12.9. The highest BCUT2D eigenvalue weighted by Gasteiger charge is 2.42. The fraction of sp³-hybridized carbons (Fsp3) is 0.348. The third-order valence-electron chi connectivity index (χ3n) is 5.90. The van der Waals surface area contributed by atoms with Crippen LogP contribution in [0.5, 0.6) is 5.75 Å². The van der Waals surface area contributed by atoms with Crippen LogP contribution in [0.1, 0.15) is 36.0 Å². The van der Waals surface area contributed by atoms with Crippen LogP contribution in [-0.2, 0) is 10.2 Å². The number of piperidine rings is 1. The Morgan fingerprint density at radius 3 is 2.66 bits per heavy atom. The number of likely N-dealkylation sites (tertiary alicyclic amines) is 1. The number of halogens is 2. The number of benzene rings is 2. The van der Waals surface area contributed by atoms with Gasteiger partial charge in [0.1, 0.15) is 11.6 Å². The van der Waals surface area contributed by atoms with E-state index in [1.807, 2.05) is 18.2 Å². The highest BCUT2D eigenvalue weighted by atomic mass is 35.5. The molecule has 0 bridgehead atoms. The standard InChI is InChI=1S/C23H24FNO3.ClH/c24-20-4-2-1-3-18(20)7-5-17-6-8-19-21(15-17)28-16-23(19)10-13-25(14-11-23)12-9-22(26)27;/h1-8,15H,9-14,16H2,(H,26,27);1H/b7-5+;. The van der Waals surface area contributed by atoms with Gasteiger partial charge in [-0.2, -0.15) is 0 Å². The van der Waals surface area contributed by atoms with Crippen LogP contribution in [0.15, 0.2) is 42.5 Å².